The van der Waals surface area contributed by atoms with Crippen molar-refractivity contribution in [1.82, 2.24) is 14.7 Å². The average Bonchev–Trinajstić information content (AvgIpc) is 3.15. The number of urea groups is 1. The van der Waals surface area contributed by atoms with E-state index in [0.717, 1.165) is 58.3 Å². The van der Waals surface area contributed by atoms with Gasteiger partial charge in [-0.15, -0.1) is 0 Å². The molecule has 0 saturated carbocycles. The lowest BCUT2D eigenvalue weighted by Crippen LogP contribution is -2.59. The Hall–Kier alpha value is -1.34. The molecule has 0 spiro atoms. The van der Waals surface area contributed by atoms with Gasteiger partial charge in [-0.3, -0.25) is 4.79 Å². The van der Waals surface area contributed by atoms with Crippen LogP contribution in [0, 0.1) is 5.41 Å². The first kappa shape index (κ1) is 18.5. The fraction of sp³-hybridized carbons (Fsp3) is 0.889. The van der Waals surface area contributed by atoms with Crippen molar-refractivity contribution in [1.29, 1.82) is 0 Å². The minimum Gasteiger partial charge on any atom is -0.377 e. The zero-order chi connectivity index (χ0) is 17.9. The van der Waals surface area contributed by atoms with Crippen LogP contribution in [-0.4, -0.2) is 92.8 Å². The summed E-state index contributed by atoms with van der Waals surface area (Å²) in [5.41, 5.74) is -0.182. The van der Waals surface area contributed by atoms with Crippen LogP contribution >= 0.6 is 0 Å². The number of carbonyl (C=O) groups excluding carboxylic acids is 2. The maximum absolute atomic E-state index is 12.8. The first-order valence-corrected chi connectivity index (χ1v) is 9.45. The third-order valence-electron chi connectivity index (χ3n) is 5.75. The van der Waals surface area contributed by atoms with Crippen LogP contribution in [0.1, 0.15) is 32.1 Å². The van der Waals surface area contributed by atoms with E-state index in [9.17, 15) is 9.59 Å². The summed E-state index contributed by atoms with van der Waals surface area (Å²) >= 11 is 0. The van der Waals surface area contributed by atoms with Gasteiger partial charge >= 0.3 is 6.03 Å². The first-order chi connectivity index (χ1) is 12.0. The highest BCUT2D eigenvalue weighted by atomic mass is 16.5. The van der Waals surface area contributed by atoms with Crippen molar-refractivity contribution >= 4 is 11.9 Å². The minimum absolute atomic E-state index is 0.0366. The van der Waals surface area contributed by atoms with Crippen LogP contribution in [0.3, 0.4) is 0 Å². The van der Waals surface area contributed by atoms with Crippen molar-refractivity contribution in [3.63, 3.8) is 0 Å². The highest BCUT2D eigenvalue weighted by Crippen LogP contribution is 2.40. The molecule has 3 aliphatic heterocycles. The fourth-order valence-corrected chi connectivity index (χ4v) is 4.24. The first-order valence-electron chi connectivity index (χ1n) is 9.45. The van der Waals surface area contributed by atoms with Crippen LogP contribution in [0.2, 0.25) is 0 Å². The van der Waals surface area contributed by atoms with Crippen molar-refractivity contribution in [3.05, 3.63) is 0 Å². The third-order valence-corrected chi connectivity index (χ3v) is 5.75. The zero-order valence-corrected chi connectivity index (χ0v) is 15.5. The zero-order valence-electron chi connectivity index (χ0n) is 15.5. The third kappa shape index (κ3) is 4.08. The Balaban J connectivity index is 1.63. The SMILES string of the molecule is CN(C)C(=O)COCC12CCCOC1CCN(C(=O)N1CCCC1)C2. The molecule has 3 aliphatic rings. The number of likely N-dealkylation sites (N-methyl/N-ethyl adjacent to an activating group) is 1. The largest absolute Gasteiger partial charge is 0.377 e. The van der Waals surface area contributed by atoms with E-state index in [1.54, 1.807) is 14.1 Å². The molecule has 2 unspecified atom stereocenters. The van der Waals surface area contributed by atoms with E-state index in [0.29, 0.717) is 13.2 Å². The second-order valence-corrected chi connectivity index (χ2v) is 7.79. The van der Waals surface area contributed by atoms with Gasteiger partial charge < -0.3 is 24.2 Å². The van der Waals surface area contributed by atoms with Gasteiger partial charge in [-0.05, 0) is 32.1 Å². The number of nitrogens with zero attached hydrogens (tertiary/aromatic N) is 3. The van der Waals surface area contributed by atoms with E-state index in [1.807, 2.05) is 9.80 Å². The van der Waals surface area contributed by atoms with Crippen molar-refractivity contribution in [2.24, 2.45) is 5.41 Å². The number of piperidine rings is 1. The Bertz CT molecular complexity index is 493. The molecule has 2 atom stereocenters. The summed E-state index contributed by atoms with van der Waals surface area (Å²) in [7, 11) is 3.46. The number of rotatable bonds is 4. The maximum Gasteiger partial charge on any atom is 0.320 e. The molecule has 3 fully saturated rings. The second kappa shape index (κ2) is 7.91. The van der Waals surface area contributed by atoms with Crippen LogP contribution in [0.5, 0.6) is 0 Å². The number of amides is 3. The molecule has 25 heavy (non-hydrogen) atoms. The molecule has 0 aliphatic carbocycles. The molecule has 3 rings (SSSR count). The predicted molar refractivity (Wildman–Crippen MR) is 93.3 cm³/mol. The van der Waals surface area contributed by atoms with Gasteiger partial charge in [0.25, 0.3) is 0 Å². The Morgan fingerprint density at radius 3 is 2.64 bits per heavy atom. The molecule has 0 radical (unpaired) electrons. The summed E-state index contributed by atoms with van der Waals surface area (Å²) in [6, 6.07) is 0.158. The average molecular weight is 353 g/mol. The molecule has 142 valence electrons. The van der Waals surface area contributed by atoms with Crippen LogP contribution in [0.4, 0.5) is 4.79 Å². The quantitative estimate of drug-likeness (QED) is 0.761. The summed E-state index contributed by atoms with van der Waals surface area (Å²) < 4.78 is 11.8. The molecule has 3 heterocycles. The summed E-state index contributed by atoms with van der Waals surface area (Å²) in [6.07, 6.45) is 5.15. The van der Waals surface area contributed by atoms with E-state index in [4.69, 9.17) is 9.47 Å². The molecule has 7 nitrogen and oxygen atoms in total. The van der Waals surface area contributed by atoms with Gasteiger partial charge in [0.05, 0.1) is 12.7 Å². The normalized spacial score (nSPS) is 29.4. The highest BCUT2D eigenvalue weighted by Gasteiger charge is 2.47. The molecule has 7 heteroatoms. The van der Waals surface area contributed by atoms with Gasteiger partial charge in [0.15, 0.2) is 0 Å². The molecule has 0 bridgehead atoms. The van der Waals surface area contributed by atoms with Crippen molar-refractivity contribution in [2.45, 2.75) is 38.2 Å². The van der Waals surface area contributed by atoms with Crippen LogP contribution < -0.4 is 0 Å². The lowest BCUT2D eigenvalue weighted by molar-refractivity contribution is -0.155. The van der Waals surface area contributed by atoms with Gasteiger partial charge in [0, 0.05) is 52.3 Å². The van der Waals surface area contributed by atoms with E-state index < -0.39 is 0 Å². The van der Waals surface area contributed by atoms with Crippen molar-refractivity contribution in [3.8, 4) is 0 Å². The number of hydrogen-bond acceptors (Lipinski definition) is 4. The van der Waals surface area contributed by atoms with Crippen molar-refractivity contribution in [2.75, 3.05) is 60.1 Å². The van der Waals surface area contributed by atoms with Crippen LogP contribution in [0.25, 0.3) is 0 Å². The summed E-state index contributed by atoms with van der Waals surface area (Å²) in [4.78, 5) is 30.1. The maximum atomic E-state index is 12.8. The van der Waals surface area contributed by atoms with Crippen LogP contribution in [0.15, 0.2) is 0 Å². The molecule has 0 N–H and O–H groups in total. The van der Waals surface area contributed by atoms with Gasteiger partial charge in [0.2, 0.25) is 5.91 Å². The summed E-state index contributed by atoms with van der Waals surface area (Å²) in [5.74, 6) is -0.0366. The highest BCUT2D eigenvalue weighted by molar-refractivity contribution is 5.76. The van der Waals surface area contributed by atoms with Gasteiger partial charge in [-0.2, -0.15) is 0 Å². The van der Waals surface area contributed by atoms with E-state index >= 15 is 0 Å². The Morgan fingerprint density at radius 2 is 1.92 bits per heavy atom. The Labute approximate surface area is 150 Å². The van der Waals surface area contributed by atoms with Crippen LogP contribution in [-0.2, 0) is 14.3 Å². The molecular weight excluding hydrogens is 322 g/mol. The van der Waals surface area contributed by atoms with E-state index in [-0.39, 0.29) is 30.1 Å². The Morgan fingerprint density at radius 1 is 1.16 bits per heavy atom. The molecule has 3 amide bonds. The van der Waals surface area contributed by atoms with E-state index in [2.05, 4.69) is 0 Å². The number of fused-ring (bicyclic) bond motifs is 1. The lowest BCUT2D eigenvalue weighted by Gasteiger charge is -2.50. The lowest BCUT2D eigenvalue weighted by atomic mass is 9.73. The predicted octanol–water partition coefficient (Wildman–Crippen LogP) is 1.18. The van der Waals surface area contributed by atoms with Gasteiger partial charge in [0.1, 0.15) is 6.61 Å². The van der Waals surface area contributed by atoms with Crippen molar-refractivity contribution < 1.29 is 19.1 Å². The molecule has 0 aromatic carbocycles. The molecule has 0 aromatic rings. The standard InChI is InChI=1S/C18H31N3O4/c1-19(2)16(22)12-24-14-18-7-5-11-25-15(18)6-10-21(13-18)17(23)20-8-3-4-9-20/h15H,3-14H2,1-2H3. The number of ether oxygens (including phenoxy) is 2. The monoisotopic (exact) mass is 353 g/mol. The van der Waals surface area contributed by atoms with Gasteiger partial charge in [-0.25, -0.2) is 4.79 Å². The summed E-state index contributed by atoms with van der Waals surface area (Å²) in [6.45, 7) is 4.50. The number of hydrogen-bond donors (Lipinski definition) is 0. The molecule has 3 saturated heterocycles. The number of likely N-dealkylation sites (tertiary alicyclic amines) is 2. The Kier molecular flexibility index (Phi) is 5.84. The summed E-state index contributed by atoms with van der Waals surface area (Å²) in [5, 5.41) is 0. The molecule has 0 aromatic heterocycles. The fourth-order valence-electron chi connectivity index (χ4n) is 4.24. The second-order valence-electron chi connectivity index (χ2n) is 7.79. The number of carbonyl (C=O) groups is 2. The molecular formula is C18H31N3O4. The minimum atomic E-state index is -0.182. The van der Waals surface area contributed by atoms with E-state index in [1.165, 1.54) is 4.90 Å². The smallest absolute Gasteiger partial charge is 0.320 e. The topological polar surface area (TPSA) is 62.3 Å². The van der Waals surface area contributed by atoms with Gasteiger partial charge in [-0.1, -0.05) is 0 Å².